The van der Waals surface area contributed by atoms with E-state index in [1.165, 1.54) is 16.0 Å². The molecule has 1 aromatic carbocycles. The molecule has 0 saturated carbocycles. The van der Waals surface area contributed by atoms with Crippen molar-refractivity contribution < 1.29 is 4.79 Å². The molecule has 0 aliphatic heterocycles. The van der Waals surface area contributed by atoms with Crippen molar-refractivity contribution in [1.82, 2.24) is 24.7 Å². The van der Waals surface area contributed by atoms with Gasteiger partial charge in [-0.2, -0.15) is 4.98 Å². The van der Waals surface area contributed by atoms with E-state index in [9.17, 15) is 9.59 Å². The Kier molecular flexibility index (Phi) is 4.98. The minimum absolute atomic E-state index is 0.159. The van der Waals surface area contributed by atoms with Gasteiger partial charge >= 0.3 is 0 Å². The van der Waals surface area contributed by atoms with Crippen molar-refractivity contribution in [2.24, 2.45) is 7.05 Å². The van der Waals surface area contributed by atoms with E-state index in [0.717, 1.165) is 16.0 Å². The van der Waals surface area contributed by atoms with Crippen LogP contribution in [0.25, 0.3) is 21.6 Å². The largest absolute Gasteiger partial charge is 0.310 e. The molecule has 0 spiro atoms. The minimum Gasteiger partial charge on any atom is -0.310 e. The number of carbonyl (C=O) groups is 1. The molecule has 29 heavy (non-hydrogen) atoms. The van der Waals surface area contributed by atoms with Crippen LogP contribution >= 0.6 is 11.3 Å². The Balaban J connectivity index is 1.45. The van der Waals surface area contributed by atoms with Gasteiger partial charge in [0.2, 0.25) is 11.9 Å². The van der Waals surface area contributed by atoms with Crippen LogP contribution in [0.15, 0.2) is 35.1 Å². The topological polar surface area (TPSA) is 106 Å². The van der Waals surface area contributed by atoms with Gasteiger partial charge in [-0.1, -0.05) is 30.3 Å². The number of anilines is 1. The van der Waals surface area contributed by atoms with E-state index in [0.29, 0.717) is 34.2 Å². The SMILES string of the molecule is Cc1sc2nc(CCC(=O)Nc3nc(-c4ccccc4)nn3C)[nH]c(=O)c2c1C. The van der Waals surface area contributed by atoms with Crippen molar-refractivity contribution in [2.75, 3.05) is 5.32 Å². The molecule has 0 bridgehead atoms. The second kappa shape index (κ2) is 7.59. The normalized spacial score (nSPS) is 11.1. The highest BCUT2D eigenvalue weighted by molar-refractivity contribution is 7.18. The molecule has 1 amide bonds. The number of fused-ring (bicyclic) bond motifs is 1. The number of nitrogens with zero attached hydrogens (tertiary/aromatic N) is 4. The molecule has 4 rings (SSSR count). The zero-order valence-electron chi connectivity index (χ0n) is 16.3. The van der Waals surface area contributed by atoms with E-state index >= 15 is 0 Å². The molecule has 0 unspecified atom stereocenters. The first-order valence-corrected chi connectivity index (χ1v) is 9.99. The number of rotatable bonds is 5. The number of aryl methyl sites for hydroxylation is 4. The number of hydrogen-bond donors (Lipinski definition) is 2. The summed E-state index contributed by atoms with van der Waals surface area (Å²) in [5.41, 5.74) is 1.67. The molecular formula is C20H20N6O2S. The first kappa shape index (κ1) is 19.0. The lowest BCUT2D eigenvalue weighted by Gasteiger charge is -2.04. The van der Waals surface area contributed by atoms with Crippen LogP contribution < -0.4 is 10.9 Å². The Bertz CT molecular complexity index is 1260. The average Bonchev–Trinajstić information content (AvgIpc) is 3.20. The van der Waals surface area contributed by atoms with Crippen molar-refractivity contribution in [3.05, 3.63) is 57.0 Å². The molecule has 148 valence electrons. The first-order valence-electron chi connectivity index (χ1n) is 9.17. The molecule has 2 N–H and O–H groups in total. The molecule has 8 nitrogen and oxygen atoms in total. The lowest BCUT2D eigenvalue weighted by Crippen LogP contribution is -2.18. The Morgan fingerprint density at radius 1 is 1.21 bits per heavy atom. The summed E-state index contributed by atoms with van der Waals surface area (Å²) in [6.07, 6.45) is 0.502. The van der Waals surface area contributed by atoms with Crippen LogP contribution in [0.3, 0.4) is 0 Å². The van der Waals surface area contributed by atoms with Crippen LogP contribution in [-0.4, -0.2) is 30.6 Å². The average molecular weight is 408 g/mol. The van der Waals surface area contributed by atoms with Gasteiger partial charge in [0.25, 0.3) is 5.56 Å². The van der Waals surface area contributed by atoms with Crippen molar-refractivity contribution >= 4 is 33.4 Å². The lowest BCUT2D eigenvalue weighted by atomic mass is 10.2. The Morgan fingerprint density at radius 2 is 1.97 bits per heavy atom. The summed E-state index contributed by atoms with van der Waals surface area (Å²) in [6.45, 7) is 3.89. The molecule has 0 saturated heterocycles. The second-order valence-corrected chi connectivity index (χ2v) is 7.98. The number of aromatic amines is 1. The molecule has 0 radical (unpaired) electrons. The molecular weight excluding hydrogens is 388 g/mol. The summed E-state index contributed by atoms with van der Waals surface area (Å²) in [7, 11) is 1.73. The van der Waals surface area contributed by atoms with Crippen LogP contribution in [0.1, 0.15) is 22.7 Å². The molecule has 9 heteroatoms. The molecule has 0 atom stereocenters. The summed E-state index contributed by atoms with van der Waals surface area (Å²) in [5.74, 6) is 1.20. The van der Waals surface area contributed by atoms with Crippen LogP contribution in [0.4, 0.5) is 5.95 Å². The van der Waals surface area contributed by atoms with Gasteiger partial charge in [0.05, 0.1) is 5.39 Å². The monoisotopic (exact) mass is 408 g/mol. The van der Waals surface area contributed by atoms with Crippen LogP contribution in [0, 0.1) is 13.8 Å². The van der Waals surface area contributed by atoms with Gasteiger partial charge in [0, 0.05) is 30.3 Å². The molecule has 0 fully saturated rings. The van der Waals surface area contributed by atoms with E-state index < -0.39 is 0 Å². The van der Waals surface area contributed by atoms with E-state index in [-0.39, 0.29) is 17.9 Å². The summed E-state index contributed by atoms with van der Waals surface area (Å²) in [6, 6.07) is 9.56. The highest BCUT2D eigenvalue weighted by atomic mass is 32.1. The van der Waals surface area contributed by atoms with Crippen LogP contribution in [0.2, 0.25) is 0 Å². The zero-order chi connectivity index (χ0) is 20.5. The third-order valence-corrected chi connectivity index (χ3v) is 5.82. The fraction of sp³-hybridized carbons (Fsp3) is 0.250. The van der Waals surface area contributed by atoms with Gasteiger partial charge in [0.1, 0.15) is 10.7 Å². The van der Waals surface area contributed by atoms with Crippen LogP contribution in [-0.2, 0) is 18.3 Å². The van der Waals surface area contributed by atoms with E-state index in [1.807, 2.05) is 44.2 Å². The summed E-state index contributed by atoms with van der Waals surface area (Å²) in [4.78, 5) is 38.2. The predicted molar refractivity (Wildman–Crippen MR) is 113 cm³/mol. The van der Waals surface area contributed by atoms with Crippen molar-refractivity contribution in [1.29, 1.82) is 0 Å². The summed E-state index contributed by atoms with van der Waals surface area (Å²) < 4.78 is 1.53. The molecule has 3 aromatic heterocycles. The quantitative estimate of drug-likeness (QED) is 0.528. The molecule has 0 aliphatic carbocycles. The predicted octanol–water partition coefficient (Wildman–Crippen LogP) is 2.97. The Labute approximate surface area is 170 Å². The van der Waals surface area contributed by atoms with Crippen molar-refractivity contribution in [2.45, 2.75) is 26.7 Å². The van der Waals surface area contributed by atoms with Gasteiger partial charge in [0.15, 0.2) is 5.82 Å². The van der Waals surface area contributed by atoms with Gasteiger partial charge in [-0.15, -0.1) is 16.4 Å². The van der Waals surface area contributed by atoms with Crippen molar-refractivity contribution in [3.8, 4) is 11.4 Å². The first-order chi connectivity index (χ1) is 13.9. The number of carbonyl (C=O) groups excluding carboxylic acids is 1. The third kappa shape index (κ3) is 3.81. The Morgan fingerprint density at radius 3 is 2.72 bits per heavy atom. The smallest absolute Gasteiger partial charge is 0.259 e. The van der Waals surface area contributed by atoms with E-state index in [1.54, 1.807) is 7.05 Å². The van der Waals surface area contributed by atoms with Gasteiger partial charge in [-0.05, 0) is 19.4 Å². The highest BCUT2D eigenvalue weighted by Crippen LogP contribution is 2.25. The van der Waals surface area contributed by atoms with Gasteiger partial charge in [-0.3, -0.25) is 14.9 Å². The number of hydrogen-bond acceptors (Lipinski definition) is 6. The number of nitrogens with one attached hydrogen (secondary N) is 2. The minimum atomic E-state index is -0.221. The number of benzene rings is 1. The van der Waals surface area contributed by atoms with Gasteiger partial charge in [-0.25, -0.2) is 9.67 Å². The standard InChI is InChI=1S/C20H20N6O2S/c1-11-12(2)29-19-16(11)18(28)21-14(22-19)9-10-15(27)23-20-24-17(25-26(20)3)13-7-5-4-6-8-13/h4-8H,9-10H2,1-3H3,(H,21,22,28)(H,23,24,25,27). The zero-order valence-corrected chi connectivity index (χ0v) is 17.1. The maximum Gasteiger partial charge on any atom is 0.259 e. The Hall–Kier alpha value is -3.33. The van der Waals surface area contributed by atoms with Crippen LogP contribution in [0.5, 0.6) is 0 Å². The third-order valence-electron chi connectivity index (χ3n) is 4.72. The molecule has 0 aliphatic rings. The number of amides is 1. The van der Waals surface area contributed by atoms with Gasteiger partial charge < -0.3 is 4.98 Å². The fourth-order valence-corrected chi connectivity index (χ4v) is 4.09. The lowest BCUT2D eigenvalue weighted by molar-refractivity contribution is -0.116. The second-order valence-electron chi connectivity index (χ2n) is 6.77. The fourth-order valence-electron chi connectivity index (χ4n) is 3.04. The molecule has 3 heterocycles. The number of thiophene rings is 1. The highest BCUT2D eigenvalue weighted by Gasteiger charge is 2.14. The van der Waals surface area contributed by atoms with E-state index in [4.69, 9.17) is 0 Å². The maximum atomic E-state index is 12.4. The summed E-state index contributed by atoms with van der Waals surface area (Å²) in [5, 5.41) is 7.74. The maximum absolute atomic E-state index is 12.4. The number of aromatic nitrogens is 5. The van der Waals surface area contributed by atoms with Crippen molar-refractivity contribution in [3.63, 3.8) is 0 Å². The molecule has 4 aromatic rings. The number of H-pyrrole nitrogens is 1. The van der Waals surface area contributed by atoms with E-state index in [2.05, 4.69) is 25.4 Å². The summed E-state index contributed by atoms with van der Waals surface area (Å²) >= 11 is 1.49.